The first-order valence-corrected chi connectivity index (χ1v) is 5.34. The summed E-state index contributed by atoms with van der Waals surface area (Å²) in [4.78, 5) is 0. The molecule has 0 saturated carbocycles. The summed E-state index contributed by atoms with van der Waals surface area (Å²) in [6.45, 7) is 0.526. The minimum Gasteiger partial charge on any atom is -0.243 e. The van der Waals surface area contributed by atoms with Gasteiger partial charge in [0, 0.05) is 12.8 Å². The highest BCUT2D eigenvalue weighted by Gasteiger charge is 1.95. The van der Waals surface area contributed by atoms with E-state index in [0.717, 1.165) is 5.56 Å². The number of nitrogens with zero attached hydrogens (tertiary/aromatic N) is 1. The third-order valence-electron chi connectivity index (χ3n) is 1.54. The largest absolute Gasteiger partial charge is 0.243 e. The maximum atomic E-state index is 10.7. The van der Waals surface area contributed by atoms with Crippen LogP contribution in [0.25, 0.3) is 0 Å². The second kappa shape index (κ2) is 4.75. The molecule has 68 valence electrons. The van der Waals surface area contributed by atoms with Gasteiger partial charge in [-0.15, -0.1) is 0 Å². The lowest BCUT2D eigenvalue weighted by molar-refractivity contribution is 0.676. The lowest BCUT2D eigenvalue weighted by Gasteiger charge is -2.00. The van der Waals surface area contributed by atoms with Gasteiger partial charge in [-0.2, -0.15) is 5.26 Å². The lowest BCUT2D eigenvalue weighted by atomic mass is 10.1. The highest BCUT2D eigenvalue weighted by atomic mass is 32.2. The number of nitrogens with one attached hydrogen (secondary N) is 1. The van der Waals surface area contributed by atoms with Crippen LogP contribution in [0.1, 0.15) is 11.1 Å². The molecule has 0 saturated heterocycles. The molecule has 3 nitrogen and oxygen atoms in total. The molecule has 0 fully saturated rings. The molecule has 0 amide bonds. The Morgan fingerprint density at radius 1 is 1.62 bits per heavy atom. The number of rotatable bonds is 3. The first kappa shape index (κ1) is 9.90. The topological polar surface area (TPSA) is 52.9 Å². The maximum Gasteiger partial charge on any atom is 0.0991 e. The van der Waals surface area contributed by atoms with Crippen LogP contribution in [0, 0.1) is 11.3 Å². The Balaban J connectivity index is 2.68. The minimum absolute atomic E-state index is 0.526. The monoisotopic (exact) mass is 194 g/mol. The normalized spacial score (nSPS) is 12.0. The molecule has 1 aromatic rings. The van der Waals surface area contributed by atoms with E-state index < -0.39 is 11.0 Å². The van der Waals surface area contributed by atoms with E-state index in [2.05, 4.69) is 10.8 Å². The molecule has 0 aliphatic carbocycles. The van der Waals surface area contributed by atoms with Crippen LogP contribution in [-0.4, -0.2) is 10.5 Å². The van der Waals surface area contributed by atoms with E-state index >= 15 is 0 Å². The van der Waals surface area contributed by atoms with E-state index in [9.17, 15) is 4.21 Å². The molecule has 0 bridgehead atoms. The molecule has 1 rings (SSSR count). The fourth-order valence-corrected chi connectivity index (χ4v) is 1.31. The SMILES string of the molecule is CS(=O)NCc1cccc(C#N)c1. The van der Waals surface area contributed by atoms with E-state index in [4.69, 9.17) is 5.26 Å². The van der Waals surface area contributed by atoms with Crippen LogP contribution in [0.2, 0.25) is 0 Å². The minimum atomic E-state index is -1.01. The predicted octanol–water partition coefficient (Wildman–Crippen LogP) is 0.941. The molecule has 0 spiro atoms. The summed E-state index contributed by atoms with van der Waals surface area (Å²) < 4.78 is 13.5. The molecule has 0 radical (unpaired) electrons. The molecule has 4 heteroatoms. The van der Waals surface area contributed by atoms with Crippen LogP contribution in [0.4, 0.5) is 0 Å². The highest BCUT2D eigenvalue weighted by molar-refractivity contribution is 7.82. The molecule has 1 aromatic carbocycles. The van der Waals surface area contributed by atoms with Gasteiger partial charge in [-0.25, -0.2) is 8.93 Å². The summed E-state index contributed by atoms with van der Waals surface area (Å²) in [7, 11) is -1.01. The zero-order chi connectivity index (χ0) is 9.68. The van der Waals surface area contributed by atoms with E-state index in [1.54, 1.807) is 18.4 Å². The Morgan fingerprint density at radius 3 is 3.00 bits per heavy atom. The second-order valence-electron chi connectivity index (χ2n) is 2.59. The van der Waals surface area contributed by atoms with Gasteiger partial charge >= 0.3 is 0 Å². The maximum absolute atomic E-state index is 10.7. The standard InChI is InChI=1S/C9H10N2OS/c1-13(12)11-7-9-4-2-3-8(5-9)6-10/h2-5,11H,7H2,1H3. The summed E-state index contributed by atoms with van der Waals surface area (Å²) in [5.74, 6) is 0. The smallest absolute Gasteiger partial charge is 0.0991 e. The quantitative estimate of drug-likeness (QED) is 0.778. The molecule has 13 heavy (non-hydrogen) atoms. The lowest BCUT2D eigenvalue weighted by Crippen LogP contribution is -2.14. The van der Waals surface area contributed by atoms with Gasteiger partial charge in [0.15, 0.2) is 0 Å². The highest BCUT2D eigenvalue weighted by Crippen LogP contribution is 2.03. The van der Waals surface area contributed by atoms with E-state index in [-0.39, 0.29) is 0 Å². The summed E-state index contributed by atoms with van der Waals surface area (Å²) in [6, 6.07) is 9.27. The first-order valence-electron chi connectivity index (χ1n) is 3.78. The average Bonchev–Trinajstić information content (AvgIpc) is 2.15. The summed E-state index contributed by atoms with van der Waals surface area (Å²) in [5, 5.41) is 8.61. The third kappa shape index (κ3) is 3.36. The van der Waals surface area contributed by atoms with E-state index in [1.165, 1.54) is 0 Å². The van der Waals surface area contributed by atoms with Crippen molar-refractivity contribution in [3.05, 3.63) is 35.4 Å². The van der Waals surface area contributed by atoms with Gasteiger partial charge < -0.3 is 0 Å². The molecule has 0 aliphatic heterocycles. The molecule has 0 heterocycles. The Morgan fingerprint density at radius 2 is 2.38 bits per heavy atom. The number of nitriles is 1. The van der Waals surface area contributed by atoms with Crippen molar-refractivity contribution in [2.45, 2.75) is 6.54 Å². The van der Waals surface area contributed by atoms with Gasteiger partial charge in [-0.05, 0) is 17.7 Å². The van der Waals surface area contributed by atoms with Crippen LogP contribution in [0.5, 0.6) is 0 Å². The van der Waals surface area contributed by atoms with Gasteiger partial charge in [-0.3, -0.25) is 0 Å². The molecular formula is C9H10N2OS. The number of benzene rings is 1. The zero-order valence-corrected chi connectivity index (χ0v) is 8.10. The van der Waals surface area contributed by atoms with Crippen molar-refractivity contribution in [3.63, 3.8) is 0 Å². The third-order valence-corrected chi connectivity index (χ3v) is 2.09. The Labute approximate surface area is 80.0 Å². The summed E-state index contributed by atoms with van der Waals surface area (Å²) in [5.41, 5.74) is 1.59. The van der Waals surface area contributed by atoms with Crippen LogP contribution >= 0.6 is 0 Å². The first-order chi connectivity index (χ1) is 6.22. The zero-order valence-electron chi connectivity index (χ0n) is 7.28. The molecule has 0 aromatic heterocycles. The predicted molar refractivity (Wildman–Crippen MR) is 52.1 cm³/mol. The summed E-state index contributed by atoms with van der Waals surface area (Å²) in [6.07, 6.45) is 1.58. The van der Waals surface area contributed by atoms with Crippen LogP contribution < -0.4 is 4.72 Å². The van der Waals surface area contributed by atoms with Gasteiger partial charge in [-0.1, -0.05) is 12.1 Å². The van der Waals surface area contributed by atoms with Gasteiger partial charge in [0.25, 0.3) is 0 Å². The van der Waals surface area contributed by atoms with Crippen LogP contribution in [0.15, 0.2) is 24.3 Å². The average molecular weight is 194 g/mol. The van der Waals surface area contributed by atoms with Crippen molar-refractivity contribution >= 4 is 11.0 Å². The van der Waals surface area contributed by atoms with Gasteiger partial charge in [0.1, 0.15) is 0 Å². The Kier molecular flexibility index (Phi) is 3.62. The van der Waals surface area contributed by atoms with E-state index in [0.29, 0.717) is 12.1 Å². The molecule has 1 atom stereocenters. The van der Waals surface area contributed by atoms with Crippen LogP contribution in [-0.2, 0) is 17.5 Å². The van der Waals surface area contributed by atoms with Gasteiger partial charge in [0.05, 0.1) is 22.6 Å². The van der Waals surface area contributed by atoms with Crippen LogP contribution in [0.3, 0.4) is 0 Å². The van der Waals surface area contributed by atoms with Crippen molar-refractivity contribution in [1.29, 1.82) is 5.26 Å². The second-order valence-corrected chi connectivity index (χ2v) is 3.78. The van der Waals surface area contributed by atoms with Crippen molar-refractivity contribution in [2.75, 3.05) is 6.26 Å². The van der Waals surface area contributed by atoms with Gasteiger partial charge in [0.2, 0.25) is 0 Å². The summed E-state index contributed by atoms with van der Waals surface area (Å²) >= 11 is 0. The molecule has 1 N–H and O–H groups in total. The Hall–Kier alpha value is -1.18. The fraction of sp³-hybridized carbons (Fsp3) is 0.222. The fourth-order valence-electron chi connectivity index (χ4n) is 0.936. The van der Waals surface area contributed by atoms with Crippen molar-refractivity contribution in [2.24, 2.45) is 0 Å². The molecule has 0 aliphatic rings. The van der Waals surface area contributed by atoms with E-state index in [1.807, 2.05) is 12.1 Å². The Bertz CT molecular complexity index is 357. The molecular weight excluding hydrogens is 184 g/mol. The number of hydrogen-bond acceptors (Lipinski definition) is 2. The number of hydrogen-bond donors (Lipinski definition) is 1. The van der Waals surface area contributed by atoms with Crippen molar-refractivity contribution in [1.82, 2.24) is 4.72 Å². The van der Waals surface area contributed by atoms with Crippen molar-refractivity contribution < 1.29 is 4.21 Å². The molecule has 1 unspecified atom stereocenters. The van der Waals surface area contributed by atoms with Crippen molar-refractivity contribution in [3.8, 4) is 6.07 Å².